The Morgan fingerprint density at radius 2 is 1.55 bits per heavy atom. The predicted molar refractivity (Wildman–Crippen MR) is 125 cm³/mol. The normalized spacial score (nSPS) is 15.4. The molecule has 2 aromatic carbocycles. The lowest BCUT2D eigenvalue weighted by Crippen LogP contribution is -2.51. The third kappa shape index (κ3) is 5.82. The summed E-state index contributed by atoms with van der Waals surface area (Å²) < 4.78 is 0. The third-order valence-corrected chi connectivity index (χ3v) is 6.79. The van der Waals surface area contributed by atoms with Gasteiger partial charge >= 0.3 is 0 Å². The predicted octanol–water partition coefficient (Wildman–Crippen LogP) is 4.57. The van der Waals surface area contributed by atoms with E-state index in [2.05, 4.69) is 29.6 Å². The molecule has 1 fully saturated rings. The zero-order valence-electron chi connectivity index (χ0n) is 17.6. The monoisotopic (exact) mass is 432 g/mol. The number of nitrogens with zero attached hydrogens (tertiary/aromatic N) is 1. The molecule has 4 nitrogen and oxygen atoms in total. The molecule has 1 aliphatic rings. The molecule has 1 atom stereocenters. The number of likely N-dealkylation sites (tertiary alicyclic amines) is 1. The number of thiophene rings is 1. The molecule has 4 rings (SSSR count). The molecule has 0 aliphatic carbocycles. The van der Waals surface area contributed by atoms with Crippen molar-refractivity contribution in [2.45, 2.75) is 31.7 Å². The summed E-state index contributed by atoms with van der Waals surface area (Å²) >= 11 is 1.39. The van der Waals surface area contributed by atoms with Crippen molar-refractivity contribution in [2.24, 2.45) is 5.92 Å². The van der Waals surface area contributed by atoms with Gasteiger partial charge in [0.15, 0.2) is 0 Å². The lowest BCUT2D eigenvalue weighted by molar-refractivity contribution is -0.134. The quantitative estimate of drug-likeness (QED) is 0.595. The van der Waals surface area contributed by atoms with Gasteiger partial charge in [0.2, 0.25) is 5.91 Å². The van der Waals surface area contributed by atoms with Crippen LogP contribution in [0.3, 0.4) is 0 Å². The van der Waals surface area contributed by atoms with E-state index in [1.54, 1.807) is 6.07 Å². The molecule has 1 saturated heterocycles. The van der Waals surface area contributed by atoms with E-state index in [4.69, 9.17) is 0 Å². The maximum atomic E-state index is 13.4. The molecule has 5 heteroatoms. The summed E-state index contributed by atoms with van der Waals surface area (Å²) in [6.45, 7) is 1.49. The highest BCUT2D eigenvalue weighted by molar-refractivity contribution is 7.12. The number of benzene rings is 2. The summed E-state index contributed by atoms with van der Waals surface area (Å²) in [4.78, 5) is 28.6. The van der Waals surface area contributed by atoms with Crippen molar-refractivity contribution < 1.29 is 9.59 Å². The van der Waals surface area contributed by atoms with E-state index in [1.165, 1.54) is 16.9 Å². The smallest absolute Gasteiger partial charge is 0.262 e. The molecule has 1 N–H and O–H groups in total. The van der Waals surface area contributed by atoms with E-state index in [-0.39, 0.29) is 11.8 Å². The van der Waals surface area contributed by atoms with Gasteiger partial charge in [0.1, 0.15) is 6.04 Å². The molecule has 3 aromatic rings. The fourth-order valence-electron chi connectivity index (χ4n) is 4.21. The molecule has 0 spiro atoms. The summed E-state index contributed by atoms with van der Waals surface area (Å²) in [5, 5.41) is 4.87. The van der Waals surface area contributed by atoms with Gasteiger partial charge in [-0.2, -0.15) is 0 Å². The van der Waals surface area contributed by atoms with Crippen LogP contribution in [0.25, 0.3) is 0 Å². The van der Waals surface area contributed by atoms with Crippen LogP contribution in [0.1, 0.15) is 33.6 Å². The van der Waals surface area contributed by atoms with Gasteiger partial charge in [-0.1, -0.05) is 66.7 Å². The average Bonchev–Trinajstić information content (AvgIpc) is 3.35. The number of piperidine rings is 1. The first-order valence-electron chi connectivity index (χ1n) is 10.9. The minimum absolute atomic E-state index is 0.0203. The summed E-state index contributed by atoms with van der Waals surface area (Å²) in [5.41, 5.74) is 2.41. The Balaban J connectivity index is 1.40. The number of nitrogens with one attached hydrogen (secondary N) is 1. The second-order valence-electron chi connectivity index (χ2n) is 8.15. The number of carbonyl (C=O) groups is 2. The molecule has 1 aromatic heterocycles. The van der Waals surface area contributed by atoms with E-state index in [0.717, 1.165) is 37.9 Å². The number of amides is 2. The van der Waals surface area contributed by atoms with E-state index in [1.807, 2.05) is 52.7 Å². The van der Waals surface area contributed by atoms with Gasteiger partial charge in [-0.3, -0.25) is 9.59 Å². The summed E-state index contributed by atoms with van der Waals surface area (Å²) in [6, 6.07) is 23.5. The maximum absolute atomic E-state index is 13.4. The van der Waals surface area contributed by atoms with Crippen molar-refractivity contribution in [3.63, 3.8) is 0 Å². The van der Waals surface area contributed by atoms with Crippen LogP contribution in [0, 0.1) is 5.92 Å². The third-order valence-electron chi connectivity index (χ3n) is 5.92. The van der Waals surface area contributed by atoms with E-state index in [0.29, 0.717) is 17.2 Å². The van der Waals surface area contributed by atoms with Crippen LogP contribution in [-0.4, -0.2) is 35.8 Å². The zero-order valence-corrected chi connectivity index (χ0v) is 18.4. The second-order valence-corrected chi connectivity index (χ2v) is 9.10. The van der Waals surface area contributed by atoms with Crippen molar-refractivity contribution in [2.75, 3.05) is 13.1 Å². The lowest BCUT2D eigenvalue weighted by atomic mass is 9.90. The van der Waals surface area contributed by atoms with E-state index in [9.17, 15) is 9.59 Å². The maximum Gasteiger partial charge on any atom is 0.262 e. The lowest BCUT2D eigenvalue weighted by Gasteiger charge is -2.34. The first-order valence-corrected chi connectivity index (χ1v) is 11.8. The van der Waals surface area contributed by atoms with Gasteiger partial charge < -0.3 is 10.2 Å². The highest BCUT2D eigenvalue weighted by Gasteiger charge is 2.30. The van der Waals surface area contributed by atoms with Gasteiger partial charge in [-0.25, -0.2) is 0 Å². The number of hydrogen-bond donors (Lipinski definition) is 1. The molecule has 1 unspecified atom stereocenters. The summed E-state index contributed by atoms with van der Waals surface area (Å²) in [6.07, 6.45) is 3.56. The molecular formula is C26H28N2O2S. The van der Waals surface area contributed by atoms with E-state index < -0.39 is 6.04 Å². The molecule has 2 heterocycles. The van der Waals surface area contributed by atoms with Crippen LogP contribution < -0.4 is 5.32 Å². The van der Waals surface area contributed by atoms with Crippen LogP contribution in [0.5, 0.6) is 0 Å². The van der Waals surface area contributed by atoms with Crippen molar-refractivity contribution >= 4 is 23.2 Å². The van der Waals surface area contributed by atoms with Gasteiger partial charge in [0.05, 0.1) is 4.88 Å². The molecule has 0 saturated carbocycles. The minimum Gasteiger partial charge on any atom is -0.341 e. The first kappa shape index (κ1) is 21.3. The molecule has 160 valence electrons. The molecule has 31 heavy (non-hydrogen) atoms. The van der Waals surface area contributed by atoms with Gasteiger partial charge in [0, 0.05) is 19.5 Å². The zero-order chi connectivity index (χ0) is 21.5. The highest BCUT2D eigenvalue weighted by Crippen LogP contribution is 2.22. The molecule has 2 amide bonds. The molecule has 0 radical (unpaired) electrons. The Morgan fingerprint density at radius 1 is 0.903 bits per heavy atom. The van der Waals surface area contributed by atoms with Crippen LogP contribution in [0.15, 0.2) is 78.2 Å². The Hall–Kier alpha value is -2.92. The largest absolute Gasteiger partial charge is 0.341 e. The standard InChI is InChI=1S/C26H28N2O2S/c29-25(24-12-7-17-31-24)27-23(19-21-10-5-2-6-11-21)26(30)28-15-13-22(14-16-28)18-20-8-3-1-4-9-20/h1-12,17,22-23H,13-16,18-19H2,(H,27,29). The summed E-state index contributed by atoms with van der Waals surface area (Å²) in [7, 11) is 0. The van der Waals surface area contributed by atoms with Crippen LogP contribution in [-0.2, 0) is 17.6 Å². The van der Waals surface area contributed by atoms with Crippen molar-refractivity contribution in [3.8, 4) is 0 Å². The summed E-state index contributed by atoms with van der Waals surface area (Å²) in [5.74, 6) is 0.440. The SMILES string of the molecule is O=C(NC(Cc1ccccc1)C(=O)N1CCC(Cc2ccccc2)CC1)c1cccs1. The van der Waals surface area contributed by atoms with E-state index >= 15 is 0 Å². The van der Waals surface area contributed by atoms with Crippen LogP contribution in [0.4, 0.5) is 0 Å². The Morgan fingerprint density at radius 3 is 2.16 bits per heavy atom. The van der Waals surface area contributed by atoms with Crippen molar-refractivity contribution in [1.29, 1.82) is 0 Å². The van der Waals surface area contributed by atoms with Crippen molar-refractivity contribution in [1.82, 2.24) is 10.2 Å². The number of carbonyl (C=O) groups excluding carboxylic acids is 2. The Bertz CT molecular complexity index is 965. The second kappa shape index (κ2) is 10.4. The fourth-order valence-corrected chi connectivity index (χ4v) is 4.84. The topological polar surface area (TPSA) is 49.4 Å². The first-order chi connectivity index (χ1) is 15.2. The Kier molecular flexibility index (Phi) is 7.15. The highest BCUT2D eigenvalue weighted by atomic mass is 32.1. The average molecular weight is 433 g/mol. The van der Waals surface area contributed by atoms with Crippen LogP contribution in [0.2, 0.25) is 0 Å². The minimum atomic E-state index is -0.553. The van der Waals surface area contributed by atoms with Crippen molar-refractivity contribution in [3.05, 3.63) is 94.2 Å². The molecule has 0 bridgehead atoms. The van der Waals surface area contributed by atoms with Gasteiger partial charge in [-0.05, 0) is 47.8 Å². The molecular weight excluding hydrogens is 404 g/mol. The fraction of sp³-hybridized carbons (Fsp3) is 0.308. The number of hydrogen-bond acceptors (Lipinski definition) is 3. The number of rotatable bonds is 7. The van der Waals surface area contributed by atoms with Crippen LogP contribution >= 0.6 is 11.3 Å². The van der Waals surface area contributed by atoms with Gasteiger partial charge in [-0.15, -0.1) is 11.3 Å². The van der Waals surface area contributed by atoms with Gasteiger partial charge in [0.25, 0.3) is 5.91 Å². The molecule has 1 aliphatic heterocycles. The Labute approximate surface area is 187 Å².